The van der Waals surface area contributed by atoms with Crippen LogP contribution in [0.4, 0.5) is 0 Å². The lowest BCUT2D eigenvalue weighted by Crippen LogP contribution is -2.22. The first-order chi connectivity index (χ1) is 10.8. The Balaban J connectivity index is 2.26. The quantitative estimate of drug-likeness (QED) is 0.640. The molecular weight excluding hydrogens is 296 g/mol. The van der Waals surface area contributed by atoms with Crippen molar-refractivity contribution < 1.29 is 19.1 Å². The first kappa shape index (κ1) is 16.7. The van der Waals surface area contributed by atoms with Gasteiger partial charge in [-0.05, 0) is 45.9 Å². The third-order valence-corrected chi connectivity index (χ3v) is 2.86. The van der Waals surface area contributed by atoms with Crippen LogP contribution in [0.25, 0.3) is 17.2 Å². The van der Waals surface area contributed by atoms with Crippen molar-refractivity contribution in [3.63, 3.8) is 0 Å². The Morgan fingerprint density at radius 3 is 2.70 bits per heavy atom. The van der Waals surface area contributed by atoms with Gasteiger partial charge in [0.2, 0.25) is 0 Å². The minimum atomic E-state index is -0.546. The number of hydrogen-bond donors (Lipinski definition) is 0. The second kappa shape index (κ2) is 6.64. The van der Waals surface area contributed by atoms with Gasteiger partial charge in [-0.2, -0.15) is 0 Å². The van der Waals surface area contributed by atoms with Crippen LogP contribution in [0.5, 0.6) is 0 Å². The zero-order valence-corrected chi connectivity index (χ0v) is 13.7. The summed E-state index contributed by atoms with van der Waals surface area (Å²) in [6, 6.07) is 5.08. The lowest BCUT2D eigenvalue weighted by Gasteiger charge is -2.17. The SMILES string of the molecule is CCOC(=O)c1ccc2ncn(/C=C/C(=O)OC(C)(C)C)c2c1. The third kappa shape index (κ3) is 4.42. The van der Waals surface area contributed by atoms with Crippen molar-refractivity contribution in [2.75, 3.05) is 6.61 Å². The number of ether oxygens (including phenoxy) is 2. The third-order valence-electron chi connectivity index (χ3n) is 2.86. The zero-order chi connectivity index (χ0) is 17.0. The molecule has 1 aromatic heterocycles. The molecule has 122 valence electrons. The molecule has 0 amide bonds. The fourth-order valence-electron chi connectivity index (χ4n) is 1.96. The molecule has 0 fully saturated rings. The normalized spacial score (nSPS) is 11.8. The monoisotopic (exact) mass is 316 g/mol. The minimum Gasteiger partial charge on any atom is -0.462 e. The molecule has 0 aliphatic rings. The lowest BCUT2D eigenvalue weighted by atomic mass is 10.2. The zero-order valence-electron chi connectivity index (χ0n) is 13.7. The minimum absolute atomic E-state index is 0.314. The Labute approximate surface area is 134 Å². The smallest absolute Gasteiger partial charge is 0.338 e. The van der Waals surface area contributed by atoms with Gasteiger partial charge in [0.1, 0.15) is 5.60 Å². The van der Waals surface area contributed by atoms with Gasteiger partial charge in [-0.15, -0.1) is 0 Å². The van der Waals surface area contributed by atoms with E-state index in [1.165, 1.54) is 6.08 Å². The van der Waals surface area contributed by atoms with Crippen molar-refractivity contribution in [1.82, 2.24) is 9.55 Å². The maximum atomic E-state index is 11.8. The maximum Gasteiger partial charge on any atom is 0.338 e. The van der Waals surface area contributed by atoms with E-state index in [2.05, 4.69) is 4.98 Å². The number of carbonyl (C=O) groups is 2. The number of fused-ring (bicyclic) bond motifs is 1. The largest absolute Gasteiger partial charge is 0.462 e. The van der Waals surface area contributed by atoms with Crippen LogP contribution in [0.15, 0.2) is 30.6 Å². The van der Waals surface area contributed by atoms with E-state index in [1.54, 1.807) is 63.0 Å². The van der Waals surface area contributed by atoms with Crippen molar-refractivity contribution >= 4 is 29.2 Å². The van der Waals surface area contributed by atoms with E-state index in [0.29, 0.717) is 23.2 Å². The van der Waals surface area contributed by atoms with Crippen molar-refractivity contribution in [3.8, 4) is 0 Å². The molecule has 0 N–H and O–H groups in total. The number of carbonyl (C=O) groups excluding carboxylic acids is 2. The second-order valence-electron chi connectivity index (χ2n) is 5.93. The Bertz CT molecular complexity index is 754. The van der Waals surface area contributed by atoms with Crippen LogP contribution in [0.3, 0.4) is 0 Å². The summed E-state index contributed by atoms with van der Waals surface area (Å²) < 4.78 is 11.8. The molecule has 0 saturated carbocycles. The summed E-state index contributed by atoms with van der Waals surface area (Å²) in [4.78, 5) is 27.8. The van der Waals surface area contributed by atoms with Gasteiger partial charge in [-0.25, -0.2) is 14.6 Å². The molecule has 6 nitrogen and oxygen atoms in total. The number of rotatable bonds is 4. The first-order valence-electron chi connectivity index (χ1n) is 7.35. The van der Waals surface area contributed by atoms with Gasteiger partial charge < -0.3 is 14.0 Å². The summed E-state index contributed by atoms with van der Waals surface area (Å²) in [7, 11) is 0. The molecule has 0 aliphatic heterocycles. The number of esters is 2. The van der Waals surface area contributed by atoms with Crippen molar-refractivity contribution in [1.29, 1.82) is 0 Å². The molecule has 0 saturated heterocycles. The van der Waals surface area contributed by atoms with E-state index in [9.17, 15) is 9.59 Å². The van der Waals surface area contributed by atoms with Gasteiger partial charge in [0.15, 0.2) is 0 Å². The highest BCUT2D eigenvalue weighted by Crippen LogP contribution is 2.16. The van der Waals surface area contributed by atoms with E-state index in [-0.39, 0.29) is 0 Å². The van der Waals surface area contributed by atoms with Gasteiger partial charge in [0, 0.05) is 12.3 Å². The van der Waals surface area contributed by atoms with Crippen LogP contribution >= 0.6 is 0 Å². The molecule has 0 spiro atoms. The van der Waals surface area contributed by atoms with Gasteiger partial charge in [0.25, 0.3) is 0 Å². The molecule has 0 bridgehead atoms. The highest BCUT2D eigenvalue weighted by Gasteiger charge is 2.14. The summed E-state index contributed by atoms with van der Waals surface area (Å²) in [6.07, 6.45) is 4.45. The Morgan fingerprint density at radius 1 is 1.30 bits per heavy atom. The molecular formula is C17H20N2O4. The number of imidazole rings is 1. The Hall–Kier alpha value is -2.63. The van der Waals surface area contributed by atoms with E-state index >= 15 is 0 Å². The topological polar surface area (TPSA) is 70.4 Å². The summed E-state index contributed by atoms with van der Waals surface area (Å²) in [5.41, 5.74) is 1.31. The average Bonchev–Trinajstić information content (AvgIpc) is 2.85. The molecule has 1 heterocycles. The molecule has 1 aromatic carbocycles. The predicted octanol–water partition coefficient (Wildman–Crippen LogP) is 3.03. The van der Waals surface area contributed by atoms with Gasteiger partial charge in [0.05, 0.1) is 29.5 Å². The number of nitrogens with zero attached hydrogens (tertiary/aromatic N) is 2. The van der Waals surface area contributed by atoms with Gasteiger partial charge in [-0.3, -0.25) is 0 Å². The fourth-order valence-corrected chi connectivity index (χ4v) is 1.96. The molecule has 0 aliphatic carbocycles. The van der Waals surface area contributed by atoms with E-state index in [4.69, 9.17) is 9.47 Å². The van der Waals surface area contributed by atoms with E-state index in [1.807, 2.05) is 0 Å². The van der Waals surface area contributed by atoms with E-state index in [0.717, 1.165) is 0 Å². The Morgan fingerprint density at radius 2 is 2.04 bits per heavy atom. The number of aromatic nitrogens is 2. The summed E-state index contributed by atoms with van der Waals surface area (Å²) in [5.74, 6) is -0.834. The molecule has 2 aromatic rings. The second-order valence-corrected chi connectivity index (χ2v) is 5.93. The van der Waals surface area contributed by atoms with Crippen LogP contribution in [-0.4, -0.2) is 33.7 Å². The standard InChI is InChI=1S/C17H20N2O4/c1-5-22-16(21)12-6-7-13-14(10-12)19(11-18-13)9-8-15(20)23-17(2,3)4/h6-11H,5H2,1-4H3/b9-8+. The van der Waals surface area contributed by atoms with Crippen molar-refractivity contribution in [3.05, 3.63) is 36.2 Å². The first-order valence-corrected chi connectivity index (χ1v) is 7.35. The van der Waals surface area contributed by atoms with Crippen LogP contribution in [0, 0.1) is 0 Å². The maximum absolute atomic E-state index is 11.8. The molecule has 23 heavy (non-hydrogen) atoms. The molecule has 0 unspecified atom stereocenters. The summed E-state index contributed by atoms with van der Waals surface area (Å²) in [5, 5.41) is 0. The highest BCUT2D eigenvalue weighted by molar-refractivity contribution is 5.94. The van der Waals surface area contributed by atoms with Crippen molar-refractivity contribution in [2.24, 2.45) is 0 Å². The fraction of sp³-hybridized carbons (Fsp3) is 0.353. The number of benzene rings is 1. The molecule has 2 rings (SSSR count). The van der Waals surface area contributed by atoms with Gasteiger partial charge in [-0.1, -0.05) is 0 Å². The molecule has 6 heteroatoms. The van der Waals surface area contributed by atoms with E-state index < -0.39 is 17.5 Å². The molecule has 0 atom stereocenters. The van der Waals surface area contributed by atoms with Crippen LogP contribution in [0.1, 0.15) is 38.1 Å². The highest BCUT2D eigenvalue weighted by atomic mass is 16.6. The van der Waals surface area contributed by atoms with Gasteiger partial charge >= 0.3 is 11.9 Å². The van der Waals surface area contributed by atoms with Crippen molar-refractivity contribution in [2.45, 2.75) is 33.3 Å². The summed E-state index contributed by atoms with van der Waals surface area (Å²) in [6.45, 7) is 7.48. The number of hydrogen-bond acceptors (Lipinski definition) is 5. The predicted molar refractivity (Wildman–Crippen MR) is 86.9 cm³/mol. The lowest BCUT2D eigenvalue weighted by molar-refractivity contribution is -0.148. The van der Waals surface area contributed by atoms with Crippen LogP contribution in [0.2, 0.25) is 0 Å². The molecule has 0 radical (unpaired) electrons. The van der Waals surface area contributed by atoms with Crippen LogP contribution in [-0.2, 0) is 14.3 Å². The van der Waals surface area contributed by atoms with Crippen LogP contribution < -0.4 is 0 Å². The summed E-state index contributed by atoms with van der Waals surface area (Å²) >= 11 is 0. The Kier molecular flexibility index (Phi) is 4.83. The average molecular weight is 316 g/mol.